The molecule has 4 N–H and O–H groups in total. The van der Waals surface area contributed by atoms with Gasteiger partial charge in [-0.3, -0.25) is 0 Å². The molecule has 0 aliphatic rings. The van der Waals surface area contributed by atoms with Crippen molar-refractivity contribution >= 4 is 43.7 Å². The van der Waals surface area contributed by atoms with Gasteiger partial charge in [-0.25, -0.2) is 35.9 Å². The van der Waals surface area contributed by atoms with Crippen LogP contribution in [-0.2, 0) is 33.1 Å². The lowest BCUT2D eigenvalue weighted by Gasteiger charge is -2.12. The van der Waals surface area contributed by atoms with E-state index in [0.717, 1.165) is 11.1 Å². The Bertz CT molecular complexity index is 1540. The fraction of sp³-hybridized carbons (Fsp3) is 0.167. The minimum atomic E-state index is -4.04. The van der Waals surface area contributed by atoms with E-state index in [1.54, 1.807) is 50.2 Å². The normalized spacial score (nSPS) is 11.4. The van der Waals surface area contributed by atoms with Crippen LogP contribution in [0.5, 0.6) is 0 Å². The molecule has 10 nitrogen and oxygen atoms in total. The first-order valence-corrected chi connectivity index (χ1v) is 14.2. The van der Waals surface area contributed by atoms with Crippen molar-refractivity contribution in [3.63, 3.8) is 0 Å². The van der Waals surface area contributed by atoms with Gasteiger partial charge in [0.1, 0.15) is 0 Å². The second kappa shape index (κ2) is 11.6. The summed E-state index contributed by atoms with van der Waals surface area (Å²) in [5, 5.41) is 5.14. The summed E-state index contributed by atoms with van der Waals surface area (Å²) in [6, 6.07) is 15.2. The van der Waals surface area contributed by atoms with Crippen LogP contribution in [0.4, 0.5) is 9.59 Å². The molecule has 0 bridgehead atoms. The van der Waals surface area contributed by atoms with Crippen LogP contribution in [-0.4, -0.2) is 28.9 Å². The molecule has 0 heterocycles. The van der Waals surface area contributed by atoms with E-state index < -0.39 is 32.1 Å². The number of hydrogen-bond donors (Lipinski definition) is 4. The number of benzene rings is 3. The molecule has 0 atom stereocenters. The maximum atomic E-state index is 12.4. The van der Waals surface area contributed by atoms with E-state index in [4.69, 9.17) is 11.6 Å². The average Bonchev–Trinajstić information content (AvgIpc) is 2.81. The number of sulfonamides is 2. The van der Waals surface area contributed by atoms with Crippen LogP contribution in [0, 0.1) is 13.8 Å². The van der Waals surface area contributed by atoms with Crippen molar-refractivity contribution in [3.8, 4) is 0 Å². The molecule has 3 rings (SSSR count). The maximum absolute atomic E-state index is 12.4. The van der Waals surface area contributed by atoms with Gasteiger partial charge in [0, 0.05) is 18.1 Å². The van der Waals surface area contributed by atoms with Gasteiger partial charge in [0.15, 0.2) is 0 Å². The molecule has 37 heavy (non-hydrogen) atoms. The van der Waals surface area contributed by atoms with Crippen molar-refractivity contribution < 1.29 is 26.4 Å². The Morgan fingerprint density at radius 2 is 1.19 bits per heavy atom. The molecule has 3 aromatic carbocycles. The highest BCUT2D eigenvalue weighted by atomic mass is 35.5. The Labute approximate surface area is 220 Å². The SMILES string of the molecule is Cc1cccc(S(=O)(=O)NC(=O)NCc2ccc(CNC(=O)NS(=O)(=O)c3cccc(C)c3)c(Cl)c2)c1. The third kappa shape index (κ3) is 7.94. The summed E-state index contributed by atoms with van der Waals surface area (Å²) >= 11 is 6.26. The molecule has 3 aromatic rings. The minimum Gasteiger partial charge on any atom is -0.333 e. The fourth-order valence-electron chi connectivity index (χ4n) is 3.20. The average molecular weight is 565 g/mol. The first-order chi connectivity index (χ1) is 17.4. The van der Waals surface area contributed by atoms with Gasteiger partial charge in [-0.05, 0) is 66.4 Å². The van der Waals surface area contributed by atoms with Crippen LogP contribution in [0.1, 0.15) is 22.3 Å². The third-order valence-corrected chi connectivity index (χ3v) is 8.07. The topological polar surface area (TPSA) is 151 Å². The summed E-state index contributed by atoms with van der Waals surface area (Å²) in [4.78, 5) is 24.2. The number of amides is 4. The standard InChI is InChI=1S/C24H25ClN4O6S2/c1-16-5-3-7-20(11-16)36(32,33)28-23(30)26-14-18-9-10-19(22(25)13-18)15-27-24(31)29-37(34,35)21-8-4-6-17(2)12-21/h3-13H,14-15H2,1-2H3,(H2,26,28,30)(H2,27,29,31). The molecular weight excluding hydrogens is 540 g/mol. The molecule has 0 radical (unpaired) electrons. The summed E-state index contributed by atoms with van der Waals surface area (Å²) in [5.41, 5.74) is 2.54. The summed E-state index contributed by atoms with van der Waals surface area (Å²) < 4.78 is 53.3. The maximum Gasteiger partial charge on any atom is 0.328 e. The number of hydrogen-bond acceptors (Lipinski definition) is 6. The van der Waals surface area contributed by atoms with E-state index in [0.29, 0.717) is 11.1 Å². The number of halogens is 1. The van der Waals surface area contributed by atoms with Crippen LogP contribution < -0.4 is 20.1 Å². The van der Waals surface area contributed by atoms with Gasteiger partial charge in [0.05, 0.1) is 9.79 Å². The molecule has 13 heteroatoms. The van der Waals surface area contributed by atoms with Crippen molar-refractivity contribution in [1.82, 2.24) is 20.1 Å². The molecule has 0 aliphatic carbocycles. The molecule has 0 unspecified atom stereocenters. The first-order valence-electron chi connectivity index (χ1n) is 10.9. The van der Waals surface area contributed by atoms with E-state index in [-0.39, 0.29) is 27.9 Å². The smallest absolute Gasteiger partial charge is 0.328 e. The molecule has 196 valence electrons. The van der Waals surface area contributed by atoms with E-state index in [9.17, 15) is 26.4 Å². The third-order valence-electron chi connectivity index (χ3n) is 5.06. The van der Waals surface area contributed by atoms with E-state index in [1.807, 2.05) is 9.44 Å². The van der Waals surface area contributed by atoms with Crippen LogP contribution in [0.3, 0.4) is 0 Å². The molecule has 4 amide bonds. The minimum absolute atomic E-state index is 0.0161. The molecular formula is C24H25ClN4O6S2. The highest BCUT2D eigenvalue weighted by molar-refractivity contribution is 7.90. The Hall–Kier alpha value is -3.61. The van der Waals surface area contributed by atoms with Crippen molar-refractivity contribution in [1.29, 1.82) is 0 Å². The quantitative estimate of drug-likeness (QED) is 0.329. The van der Waals surface area contributed by atoms with Crippen LogP contribution in [0.15, 0.2) is 76.5 Å². The number of carbonyl (C=O) groups is 2. The number of carbonyl (C=O) groups excluding carboxylic acids is 2. The zero-order valence-electron chi connectivity index (χ0n) is 19.9. The Balaban J connectivity index is 1.52. The number of rotatable bonds is 8. The summed E-state index contributed by atoms with van der Waals surface area (Å²) in [5.74, 6) is 0. The predicted octanol–water partition coefficient (Wildman–Crippen LogP) is 3.33. The zero-order valence-corrected chi connectivity index (χ0v) is 22.3. The van der Waals surface area contributed by atoms with Gasteiger partial charge >= 0.3 is 12.1 Å². The first kappa shape index (κ1) is 28.0. The molecule has 0 fully saturated rings. The molecule has 0 aliphatic heterocycles. The zero-order chi connectivity index (χ0) is 27.2. The lowest BCUT2D eigenvalue weighted by atomic mass is 10.1. The van der Waals surface area contributed by atoms with Gasteiger partial charge in [0.25, 0.3) is 20.0 Å². The second-order valence-corrected chi connectivity index (χ2v) is 11.9. The van der Waals surface area contributed by atoms with E-state index in [2.05, 4.69) is 10.6 Å². The van der Waals surface area contributed by atoms with Crippen molar-refractivity contribution in [2.24, 2.45) is 0 Å². The Morgan fingerprint density at radius 3 is 1.65 bits per heavy atom. The van der Waals surface area contributed by atoms with Crippen molar-refractivity contribution in [2.45, 2.75) is 36.7 Å². The van der Waals surface area contributed by atoms with Gasteiger partial charge in [-0.2, -0.15) is 0 Å². The number of urea groups is 2. The lowest BCUT2D eigenvalue weighted by Crippen LogP contribution is -2.39. The second-order valence-electron chi connectivity index (χ2n) is 8.14. The number of aryl methyl sites for hydroxylation is 2. The molecule has 0 aromatic heterocycles. The Kier molecular flexibility index (Phi) is 8.79. The molecule has 0 saturated carbocycles. The summed E-state index contributed by atoms with van der Waals surface area (Å²) in [6.07, 6.45) is 0. The van der Waals surface area contributed by atoms with Crippen LogP contribution >= 0.6 is 11.6 Å². The lowest BCUT2D eigenvalue weighted by molar-refractivity contribution is 0.244. The Morgan fingerprint density at radius 1 is 0.703 bits per heavy atom. The van der Waals surface area contributed by atoms with Crippen molar-refractivity contribution in [3.05, 3.63) is 94.0 Å². The largest absolute Gasteiger partial charge is 0.333 e. The monoisotopic (exact) mass is 564 g/mol. The van der Waals surface area contributed by atoms with E-state index in [1.165, 1.54) is 30.3 Å². The highest BCUT2D eigenvalue weighted by Gasteiger charge is 2.19. The van der Waals surface area contributed by atoms with Gasteiger partial charge in [0.2, 0.25) is 0 Å². The van der Waals surface area contributed by atoms with Crippen LogP contribution in [0.25, 0.3) is 0 Å². The molecule has 0 spiro atoms. The van der Waals surface area contributed by atoms with Gasteiger partial charge in [-0.1, -0.05) is 48.0 Å². The van der Waals surface area contributed by atoms with Crippen molar-refractivity contribution in [2.75, 3.05) is 0 Å². The van der Waals surface area contributed by atoms with Gasteiger partial charge in [-0.15, -0.1) is 0 Å². The fourth-order valence-corrected chi connectivity index (χ4v) is 5.54. The van der Waals surface area contributed by atoms with Crippen LogP contribution in [0.2, 0.25) is 5.02 Å². The summed E-state index contributed by atoms with van der Waals surface area (Å²) in [7, 11) is -8.06. The number of nitrogens with one attached hydrogen (secondary N) is 4. The highest BCUT2D eigenvalue weighted by Crippen LogP contribution is 2.18. The molecule has 0 saturated heterocycles. The summed E-state index contributed by atoms with van der Waals surface area (Å²) in [6.45, 7) is 3.40. The van der Waals surface area contributed by atoms with E-state index >= 15 is 0 Å². The van der Waals surface area contributed by atoms with Gasteiger partial charge < -0.3 is 10.6 Å². The predicted molar refractivity (Wildman–Crippen MR) is 139 cm³/mol.